The van der Waals surface area contributed by atoms with E-state index in [2.05, 4.69) is 24.5 Å². The Morgan fingerprint density at radius 3 is 2.35 bits per heavy atom. The molecule has 1 fully saturated rings. The van der Waals surface area contributed by atoms with E-state index >= 15 is 0 Å². The summed E-state index contributed by atoms with van der Waals surface area (Å²) in [6, 6.07) is -0.275. The Hall–Kier alpha value is -1.50. The van der Waals surface area contributed by atoms with Crippen LogP contribution in [-0.2, 0) is 9.47 Å². The van der Waals surface area contributed by atoms with Crippen LogP contribution in [0.25, 0.3) is 0 Å². The molecule has 0 aromatic rings. The fourth-order valence-electron chi connectivity index (χ4n) is 2.33. The van der Waals surface area contributed by atoms with Crippen molar-refractivity contribution in [1.82, 2.24) is 15.5 Å². The molecule has 0 aromatic heterocycles. The second kappa shape index (κ2) is 8.96. The Kier molecular flexibility index (Phi) is 7.61. The lowest BCUT2D eigenvalue weighted by molar-refractivity contribution is 0.0486. The topological polar surface area (TPSA) is 79.9 Å². The summed E-state index contributed by atoms with van der Waals surface area (Å²) in [4.78, 5) is 25.8. The summed E-state index contributed by atoms with van der Waals surface area (Å²) >= 11 is 0. The lowest BCUT2D eigenvalue weighted by Gasteiger charge is -2.29. The number of nitrogens with one attached hydrogen (secondary N) is 2. The first-order valence-electron chi connectivity index (χ1n) is 8.27. The third kappa shape index (κ3) is 8.64. The predicted molar refractivity (Wildman–Crippen MR) is 88.4 cm³/mol. The van der Waals surface area contributed by atoms with E-state index in [0.717, 1.165) is 6.42 Å². The molecule has 1 saturated heterocycles. The van der Waals surface area contributed by atoms with E-state index in [1.807, 2.05) is 20.8 Å². The highest BCUT2D eigenvalue weighted by Gasteiger charge is 2.22. The maximum Gasteiger partial charge on any atom is 0.407 e. The molecule has 0 aromatic carbocycles. The van der Waals surface area contributed by atoms with Gasteiger partial charge in [-0.2, -0.15) is 0 Å². The van der Waals surface area contributed by atoms with Gasteiger partial charge in [-0.15, -0.1) is 0 Å². The molecule has 7 heteroatoms. The third-order valence-corrected chi connectivity index (χ3v) is 3.27. The molecule has 0 saturated carbocycles. The Balaban J connectivity index is 2.46. The van der Waals surface area contributed by atoms with Crippen molar-refractivity contribution >= 4 is 12.1 Å². The van der Waals surface area contributed by atoms with Crippen molar-refractivity contribution in [3.05, 3.63) is 0 Å². The van der Waals surface area contributed by atoms with E-state index < -0.39 is 11.7 Å². The van der Waals surface area contributed by atoms with Crippen LogP contribution in [0.5, 0.6) is 0 Å². The van der Waals surface area contributed by atoms with Crippen LogP contribution in [0.1, 0.15) is 41.0 Å². The number of morpholine rings is 1. The van der Waals surface area contributed by atoms with Crippen molar-refractivity contribution in [3.63, 3.8) is 0 Å². The van der Waals surface area contributed by atoms with Gasteiger partial charge in [0.2, 0.25) is 0 Å². The second-order valence-electron chi connectivity index (χ2n) is 7.26. The van der Waals surface area contributed by atoms with Crippen molar-refractivity contribution in [2.45, 2.75) is 52.7 Å². The summed E-state index contributed by atoms with van der Waals surface area (Å²) < 4.78 is 10.5. The monoisotopic (exact) mass is 329 g/mol. The maximum absolute atomic E-state index is 12.1. The van der Waals surface area contributed by atoms with Gasteiger partial charge in [-0.25, -0.2) is 9.59 Å². The highest BCUT2D eigenvalue weighted by molar-refractivity contribution is 5.74. The molecule has 1 heterocycles. The van der Waals surface area contributed by atoms with E-state index in [0.29, 0.717) is 38.8 Å². The number of carbonyl (C=O) groups is 2. The molecule has 1 atom stereocenters. The SMILES string of the molecule is CC(C)C[C@@H](CNC(=O)N1CCOCC1)NC(=O)OC(C)(C)C. The zero-order chi connectivity index (χ0) is 17.5. The van der Waals surface area contributed by atoms with Crippen LogP contribution in [-0.4, -0.2) is 61.5 Å². The number of urea groups is 1. The molecule has 0 aliphatic carbocycles. The average molecular weight is 329 g/mol. The van der Waals surface area contributed by atoms with E-state index in [-0.39, 0.29) is 12.1 Å². The molecule has 0 unspecified atom stereocenters. The quantitative estimate of drug-likeness (QED) is 0.808. The second-order valence-corrected chi connectivity index (χ2v) is 7.26. The van der Waals surface area contributed by atoms with Gasteiger partial charge in [0.05, 0.1) is 13.2 Å². The summed E-state index contributed by atoms with van der Waals surface area (Å²) in [5.74, 6) is 0.398. The molecule has 1 aliphatic heterocycles. The minimum atomic E-state index is -0.538. The Morgan fingerprint density at radius 1 is 1.22 bits per heavy atom. The number of ether oxygens (including phenoxy) is 2. The number of amides is 3. The van der Waals surface area contributed by atoms with Gasteiger partial charge in [0.1, 0.15) is 5.60 Å². The summed E-state index contributed by atoms with van der Waals surface area (Å²) in [5.41, 5.74) is -0.538. The fourth-order valence-corrected chi connectivity index (χ4v) is 2.33. The first-order valence-corrected chi connectivity index (χ1v) is 8.27. The average Bonchev–Trinajstić information content (AvgIpc) is 2.42. The molecule has 0 radical (unpaired) electrons. The van der Waals surface area contributed by atoms with Gasteiger partial charge in [0.15, 0.2) is 0 Å². The lowest BCUT2D eigenvalue weighted by Crippen LogP contribution is -2.51. The van der Waals surface area contributed by atoms with E-state index in [9.17, 15) is 9.59 Å². The molecule has 2 N–H and O–H groups in total. The van der Waals surface area contributed by atoms with Gasteiger partial charge in [-0.3, -0.25) is 0 Å². The Morgan fingerprint density at radius 2 is 1.83 bits per heavy atom. The molecule has 1 aliphatic rings. The van der Waals surface area contributed by atoms with E-state index in [1.54, 1.807) is 4.90 Å². The van der Waals surface area contributed by atoms with Crippen molar-refractivity contribution < 1.29 is 19.1 Å². The fraction of sp³-hybridized carbons (Fsp3) is 0.875. The number of hydrogen-bond donors (Lipinski definition) is 2. The number of carbonyl (C=O) groups excluding carboxylic acids is 2. The van der Waals surface area contributed by atoms with Gasteiger partial charge in [-0.1, -0.05) is 13.8 Å². The molecule has 23 heavy (non-hydrogen) atoms. The van der Waals surface area contributed by atoms with E-state index in [1.165, 1.54) is 0 Å². The van der Waals surface area contributed by atoms with Gasteiger partial charge in [0.25, 0.3) is 0 Å². The zero-order valence-electron chi connectivity index (χ0n) is 15.0. The molecular formula is C16H31N3O4. The standard InChI is InChI=1S/C16H31N3O4/c1-12(2)10-13(18-15(21)23-16(3,4)5)11-17-14(20)19-6-8-22-9-7-19/h12-13H,6-11H2,1-5H3,(H,17,20)(H,18,21)/t13-/m0/s1. The largest absolute Gasteiger partial charge is 0.444 e. The molecule has 0 bridgehead atoms. The van der Waals surface area contributed by atoms with Crippen LogP contribution >= 0.6 is 0 Å². The van der Waals surface area contributed by atoms with Crippen LogP contribution in [0.15, 0.2) is 0 Å². The van der Waals surface area contributed by atoms with Crippen molar-refractivity contribution in [2.75, 3.05) is 32.8 Å². The molecule has 7 nitrogen and oxygen atoms in total. The first kappa shape index (κ1) is 19.5. The summed E-state index contributed by atoms with van der Waals surface area (Å²) in [5, 5.41) is 5.73. The minimum absolute atomic E-state index is 0.118. The molecule has 0 spiro atoms. The Labute approximate surface area is 139 Å². The lowest BCUT2D eigenvalue weighted by atomic mass is 10.0. The smallest absolute Gasteiger partial charge is 0.407 e. The number of nitrogens with zero attached hydrogens (tertiary/aromatic N) is 1. The van der Waals surface area contributed by atoms with Gasteiger partial charge in [-0.05, 0) is 33.1 Å². The maximum atomic E-state index is 12.1. The Bertz CT molecular complexity index is 387. The summed E-state index contributed by atoms with van der Waals surface area (Å²) in [6.07, 6.45) is 0.312. The summed E-state index contributed by atoms with van der Waals surface area (Å²) in [6.45, 7) is 12.3. The first-order chi connectivity index (χ1) is 10.7. The van der Waals surface area contributed by atoms with Gasteiger partial charge in [0, 0.05) is 25.7 Å². The summed E-state index contributed by atoms with van der Waals surface area (Å²) in [7, 11) is 0. The number of rotatable bonds is 5. The van der Waals surface area contributed by atoms with Crippen LogP contribution < -0.4 is 10.6 Å². The van der Waals surface area contributed by atoms with Crippen LogP contribution in [0, 0.1) is 5.92 Å². The van der Waals surface area contributed by atoms with Crippen molar-refractivity contribution in [2.24, 2.45) is 5.92 Å². The normalized spacial score (nSPS) is 16.9. The predicted octanol–water partition coefficient (Wildman–Crippen LogP) is 1.97. The van der Waals surface area contributed by atoms with Crippen molar-refractivity contribution in [1.29, 1.82) is 0 Å². The van der Waals surface area contributed by atoms with Crippen LogP contribution in [0.4, 0.5) is 9.59 Å². The van der Waals surface area contributed by atoms with E-state index in [4.69, 9.17) is 9.47 Å². The molecule has 3 amide bonds. The minimum Gasteiger partial charge on any atom is -0.444 e. The molecule has 1 rings (SSSR count). The van der Waals surface area contributed by atoms with Crippen molar-refractivity contribution in [3.8, 4) is 0 Å². The number of alkyl carbamates (subject to hydrolysis) is 1. The molecule has 134 valence electrons. The molecular weight excluding hydrogens is 298 g/mol. The highest BCUT2D eigenvalue weighted by Crippen LogP contribution is 2.09. The van der Waals surface area contributed by atoms with Gasteiger partial charge >= 0.3 is 12.1 Å². The van der Waals surface area contributed by atoms with Crippen LogP contribution in [0.3, 0.4) is 0 Å². The third-order valence-electron chi connectivity index (χ3n) is 3.27. The highest BCUT2D eigenvalue weighted by atomic mass is 16.6. The zero-order valence-corrected chi connectivity index (χ0v) is 15.0. The van der Waals surface area contributed by atoms with Crippen LogP contribution in [0.2, 0.25) is 0 Å². The number of hydrogen-bond acceptors (Lipinski definition) is 4. The van der Waals surface area contributed by atoms with Gasteiger partial charge < -0.3 is 25.0 Å².